The number of benzene rings is 1. The lowest BCUT2D eigenvalue weighted by atomic mass is 10.2. The van der Waals surface area contributed by atoms with Crippen molar-refractivity contribution in [2.45, 2.75) is 0 Å². The maximum Gasteiger partial charge on any atom is 0.338 e. The largest absolute Gasteiger partial charge is 0.452 e. The molecule has 6 nitrogen and oxygen atoms in total. The number of hydrazine groups is 1. The number of carbonyl (C=O) groups is 3. The van der Waals surface area contributed by atoms with E-state index in [1.807, 2.05) is 0 Å². The van der Waals surface area contributed by atoms with E-state index in [1.54, 1.807) is 17.5 Å². The molecule has 0 spiro atoms. The van der Waals surface area contributed by atoms with Crippen molar-refractivity contribution in [1.29, 1.82) is 0 Å². The second-order valence-electron chi connectivity index (χ2n) is 4.06. The fourth-order valence-corrected chi connectivity index (χ4v) is 2.05. The van der Waals surface area contributed by atoms with E-state index >= 15 is 0 Å². The molecule has 2 aromatic rings. The minimum atomic E-state index is -0.764. The van der Waals surface area contributed by atoms with Crippen molar-refractivity contribution in [1.82, 2.24) is 10.9 Å². The Bertz CT molecular complexity index is 671. The summed E-state index contributed by atoms with van der Waals surface area (Å²) in [6, 6.07) is 8.00. The van der Waals surface area contributed by atoms with Gasteiger partial charge in [-0.05, 0) is 35.7 Å². The molecule has 8 heteroatoms. The molecule has 0 bridgehead atoms. The van der Waals surface area contributed by atoms with Gasteiger partial charge in [-0.15, -0.1) is 11.3 Å². The summed E-state index contributed by atoms with van der Waals surface area (Å²) in [5.41, 5.74) is 4.43. The van der Waals surface area contributed by atoms with Gasteiger partial charge in [0.2, 0.25) is 0 Å². The number of hydrogen-bond donors (Lipinski definition) is 2. The van der Waals surface area contributed by atoms with E-state index in [9.17, 15) is 18.8 Å². The fourth-order valence-electron chi connectivity index (χ4n) is 1.43. The Balaban J connectivity index is 1.74. The van der Waals surface area contributed by atoms with E-state index in [0.717, 1.165) is 12.1 Å². The van der Waals surface area contributed by atoms with Gasteiger partial charge in [0.1, 0.15) is 5.82 Å². The zero-order chi connectivity index (χ0) is 15.9. The number of hydrogen-bond acceptors (Lipinski definition) is 5. The molecule has 0 saturated heterocycles. The maximum absolute atomic E-state index is 12.7. The number of halogens is 1. The Morgan fingerprint density at radius 2 is 1.82 bits per heavy atom. The molecule has 1 aromatic carbocycles. The molecule has 0 aliphatic carbocycles. The predicted octanol–water partition coefficient (Wildman–Crippen LogP) is 1.51. The van der Waals surface area contributed by atoms with Crippen LogP contribution in [0.15, 0.2) is 41.8 Å². The van der Waals surface area contributed by atoms with Gasteiger partial charge in [0, 0.05) is 0 Å². The highest BCUT2D eigenvalue weighted by molar-refractivity contribution is 7.12. The van der Waals surface area contributed by atoms with Gasteiger partial charge in [0.25, 0.3) is 11.8 Å². The zero-order valence-corrected chi connectivity index (χ0v) is 12.0. The van der Waals surface area contributed by atoms with E-state index in [-0.39, 0.29) is 5.56 Å². The lowest BCUT2D eigenvalue weighted by Gasteiger charge is -2.07. The van der Waals surface area contributed by atoms with E-state index in [1.165, 1.54) is 23.5 Å². The highest BCUT2D eigenvalue weighted by Crippen LogP contribution is 2.07. The molecule has 0 radical (unpaired) electrons. The standard InChI is InChI=1S/C14H11FN2O4S/c15-10-5-3-9(4-6-10)14(20)21-8-12(18)16-17-13(19)11-2-1-7-22-11/h1-7H,8H2,(H,16,18)(H,17,19). The minimum Gasteiger partial charge on any atom is -0.452 e. The van der Waals surface area contributed by atoms with Gasteiger partial charge in [0.15, 0.2) is 6.61 Å². The topological polar surface area (TPSA) is 84.5 Å². The van der Waals surface area contributed by atoms with Crippen LogP contribution in [0.5, 0.6) is 0 Å². The first-order chi connectivity index (χ1) is 10.6. The van der Waals surface area contributed by atoms with Crippen LogP contribution in [0.2, 0.25) is 0 Å². The Morgan fingerprint density at radius 3 is 2.45 bits per heavy atom. The van der Waals surface area contributed by atoms with E-state index in [0.29, 0.717) is 4.88 Å². The molecule has 114 valence electrons. The van der Waals surface area contributed by atoms with Crippen LogP contribution < -0.4 is 10.9 Å². The van der Waals surface area contributed by atoms with Gasteiger partial charge in [0.05, 0.1) is 10.4 Å². The van der Waals surface area contributed by atoms with Crippen molar-refractivity contribution in [2.24, 2.45) is 0 Å². The van der Waals surface area contributed by atoms with E-state index in [4.69, 9.17) is 4.74 Å². The van der Waals surface area contributed by atoms with Crippen LogP contribution in [0.3, 0.4) is 0 Å². The third kappa shape index (κ3) is 4.38. The summed E-state index contributed by atoms with van der Waals surface area (Å²) in [5.74, 6) is -2.40. The third-order valence-electron chi connectivity index (χ3n) is 2.47. The molecule has 22 heavy (non-hydrogen) atoms. The van der Waals surface area contributed by atoms with Crippen molar-refractivity contribution in [3.63, 3.8) is 0 Å². The number of esters is 1. The van der Waals surface area contributed by atoms with Crippen molar-refractivity contribution in [3.05, 3.63) is 58.0 Å². The number of carbonyl (C=O) groups excluding carboxylic acids is 3. The van der Waals surface area contributed by atoms with Crippen molar-refractivity contribution in [2.75, 3.05) is 6.61 Å². The summed E-state index contributed by atoms with van der Waals surface area (Å²) in [5, 5.41) is 1.72. The smallest absolute Gasteiger partial charge is 0.338 e. The second kappa shape index (κ2) is 7.32. The average molecular weight is 322 g/mol. The summed E-state index contributed by atoms with van der Waals surface area (Å²) in [7, 11) is 0. The van der Waals surface area contributed by atoms with Gasteiger partial charge in [-0.1, -0.05) is 6.07 Å². The van der Waals surface area contributed by atoms with Crippen LogP contribution in [0.1, 0.15) is 20.0 Å². The summed E-state index contributed by atoms with van der Waals surface area (Å²) in [4.78, 5) is 35.0. The first-order valence-electron chi connectivity index (χ1n) is 6.11. The highest BCUT2D eigenvalue weighted by atomic mass is 32.1. The Morgan fingerprint density at radius 1 is 1.09 bits per heavy atom. The van der Waals surface area contributed by atoms with Crippen LogP contribution in [0, 0.1) is 5.82 Å². The summed E-state index contributed by atoms with van der Waals surface area (Å²) in [6.45, 7) is -0.569. The van der Waals surface area contributed by atoms with Crippen LogP contribution in [-0.2, 0) is 9.53 Å². The third-order valence-corrected chi connectivity index (χ3v) is 3.34. The Labute approximate surface area is 128 Å². The average Bonchev–Trinajstić information content (AvgIpc) is 3.05. The number of ether oxygens (including phenoxy) is 1. The fraction of sp³-hybridized carbons (Fsp3) is 0.0714. The van der Waals surface area contributed by atoms with Crippen LogP contribution in [-0.4, -0.2) is 24.4 Å². The van der Waals surface area contributed by atoms with Gasteiger partial charge < -0.3 is 4.74 Å². The highest BCUT2D eigenvalue weighted by Gasteiger charge is 2.11. The molecule has 2 N–H and O–H groups in total. The number of nitrogens with one attached hydrogen (secondary N) is 2. The van der Waals surface area contributed by atoms with Crippen LogP contribution in [0.4, 0.5) is 4.39 Å². The molecular formula is C14H11FN2O4S. The maximum atomic E-state index is 12.7. The Kier molecular flexibility index (Phi) is 5.21. The van der Waals surface area contributed by atoms with Gasteiger partial charge in [-0.3, -0.25) is 20.4 Å². The van der Waals surface area contributed by atoms with Crippen molar-refractivity contribution in [3.8, 4) is 0 Å². The Hall–Kier alpha value is -2.74. The molecule has 0 unspecified atom stereocenters. The summed E-state index contributed by atoms with van der Waals surface area (Å²) >= 11 is 1.22. The quantitative estimate of drug-likeness (QED) is 0.660. The summed E-state index contributed by atoms with van der Waals surface area (Å²) in [6.07, 6.45) is 0. The molecule has 2 rings (SSSR count). The lowest BCUT2D eigenvalue weighted by molar-refractivity contribution is -0.125. The van der Waals surface area contributed by atoms with Crippen molar-refractivity contribution >= 4 is 29.1 Å². The predicted molar refractivity (Wildman–Crippen MR) is 76.6 cm³/mol. The molecule has 1 heterocycles. The monoisotopic (exact) mass is 322 g/mol. The molecule has 2 amide bonds. The van der Waals surface area contributed by atoms with Gasteiger partial charge in [-0.25, -0.2) is 9.18 Å². The SMILES string of the molecule is O=C(COC(=O)c1ccc(F)cc1)NNC(=O)c1cccs1. The number of thiophene rings is 1. The first-order valence-corrected chi connectivity index (χ1v) is 6.99. The van der Waals surface area contributed by atoms with Crippen LogP contribution >= 0.6 is 11.3 Å². The molecule has 0 atom stereocenters. The zero-order valence-electron chi connectivity index (χ0n) is 11.2. The lowest BCUT2D eigenvalue weighted by Crippen LogP contribution is -2.43. The minimum absolute atomic E-state index is 0.122. The normalized spacial score (nSPS) is 9.86. The van der Waals surface area contributed by atoms with Crippen molar-refractivity contribution < 1.29 is 23.5 Å². The van der Waals surface area contributed by atoms with Crippen LogP contribution in [0.25, 0.3) is 0 Å². The molecule has 1 aromatic heterocycles. The molecule has 0 aliphatic rings. The van der Waals surface area contributed by atoms with Gasteiger partial charge >= 0.3 is 5.97 Å². The number of rotatable bonds is 4. The van der Waals surface area contributed by atoms with E-state index in [2.05, 4.69) is 10.9 Å². The molecular weight excluding hydrogens is 311 g/mol. The number of amides is 2. The summed E-state index contributed by atoms with van der Waals surface area (Å²) < 4.78 is 17.4. The van der Waals surface area contributed by atoms with E-state index < -0.39 is 30.2 Å². The molecule has 0 saturated carbocycles. The first kappa shape index (κ1) is 15.6. The molecule has 0 fully saturated rings. The van der Waals surface area contributed by atoms with Gasteiger partial charge in [-0.2, -0.15) is 0 Å². The molecule has 0 aliphatic heterocycles. The second-order valence-corrected chi connectivity index (χ2v) is 5.01.